The van der Waals surface area contributed by atoms with Crippen LogP contribution in [0.1, 0.15) is 12.6 Å². The van der Waals surface area contributed by atoms with E-state index >= 15 is 0 Å². The lowest BCUT2D eigenvalue weighted by Crippen LogP contribution is -2.48. The second-order valence-corrected chi connectivity index (χ2v) is 5.20. The van der Waals surface area contributed by atoms with Gasteiger partial charge in [0.25, 0.3) is 0 Å². The molecule has 1 saturated heterocycles. The third kappa shape index (κ3) is 2.78. The lowest BCUT2D eigenvalue weighted by molar-refractivity contribution is -0.0747. The maximum Gasteiger partial charge on any atom is 0.137 e. The molecule has 0 radical (unpaired) electrons. The van der Waals surface area contributed by atoms with Gasteiger partial charge in [-0.3, -0.25) is 4.90 Å². The Balaban J connectivity index is 1.73. The van der Waals surface area contributed by atoms with Crippen molar-refractivity contribution >= 4 is 5.65 Å². The molecule has 3 heterocycles. The fraction of sp³-hybridized carbons (Fsp3) is 0.500. The largest absolute Gasteiger partial charge is 0.371 e. The second kappa shape index (κ2) is 5.28. The lowest BCUT2D eigenvalue weighted by atomic mass is 10.2. The zero-order valence-electron chi connectivity index (χ0n) is 11.2. The molecule has 0 spiro atoms. The number of hydrogen-bond acceptors (Lipinski definition) is 4. The van der Waals surface area contributed by atoms with Gasteiger partial charge in [0, 0.05) is 38.6 Å². The Kier molecular flexibility index (Phi) is 3.50. The van der Waals surface area contributed by atoms with Crippen molar-refractivity contribution in [2.45, 2.75) is 25.7 Å². The molecule has 2 aromatic heterocycles. The molecule has 1 fully saturated rings. The Bertz CT molecular complexity index is 520. The van der Waals surface area contributed by atoms with Crippen molar-refractivity contribution in [2.75, 3.05) is 19.6 Å². The van der Waals surface area contributed by atoms with E-state index < -0.39 is 0 Å². The van der Waals surface area contributed by atoms with Gasteiger partial charge < -0.3 is 14.9 Å². The molecule has 0 bridgehead atoms. The molecule has 5 heteroatoms. The van der Waals surface area contributed by atoms with Crippen LogP contribution in [-0.4, -0.2) is 46.1 Å². The lowest BCUT2D eigenvalue weighted by Gasteiger charge is -2.35. The van der Waals surface area contributed by atoms with Crippen molar-refractivity contribution < 1.29 is 4.74 Å². The van der Waals surface area contributed by atoms with Crippen LogP contribution in [0, 0.1) is 0 Å². The van der Waals surface area contributed by atoms with E-state index in [9.17, 15) is 0 Å². The number of pyridine rings is 1. The molecular weight excluding hydrogens is 240 g/mol. The highest BCUT2D eigenvalue weighted by molar-refractivity contribution is 5.39. The highest BCUT2D eigenvalue weighted by atomic mass is 16.5. The molecule has 0 saturated carbocycles. The Morgan fingerprint density at radius 2 is 2.32 bits per heavy atom. The molecule has 0 amide bonds. The number of hydrogen-bond donors (Lipinski definition) is 1. The topological polar surface area (TPSA) is 55.8 Å². The van der Waals surface area contributed by atoms with Crippen LogP contribution in [-0.2, 0) is 11.3 Å². The number of morpholine rings is 1. The summed E-state index contributed by atoms with van der Waals surface area (Å²) in [5.41, 5.74) is 7.80. The Morgan fingerprint density at radius 1 is 1.42 bits per heavy atom. The van der Waals surface area contributed by atoms with Crippen molar-refractivity contribution in [3.05, 3.63) is 36.3 Å². The minimum atomic E-state index is 0.140. The minimum absolute atomic E-state index is 0.140. The number of fused-ring (bicyclic) bond motifs is 1. The maximum atomic E-state index is 5.77. The molecular formula is C14H20N4O. The van der Waals surface area contributed by atoms with Crippen LogP contribution in [0.15, 0.2) is 30.6 Å². The first-order valence-electron chi connectivity index (χ1n) is 6.75. The number of rotatable bonds is 3. The van der Waals surface area contributed by atoms with Crippen LogP contribution < -0.4 is 5.73 Å². The normalized spacial score (nSPS) is 24.9. The van der Waals surface area contributed by atoms with Gasteiger partial charge in [-0.1, -0.05) is 6.07 Å². The Hall–Kier alpha value is -1.43. The highest BCUT2D eigenvalue weighted by Gasteiger charge is 2.24. The highest BCUT2D eigenvalue weighted by Crippen LogP contribution is 2.14. The fourth-order valence-electron chi connectivity index (χ4n) is 2.69. The van der Waals surface area contributed by atoms with E-state index in [2.05, 4.69) is 27.4 Å². The molecule has 2 aromatic rings. The minimum Gasteiger partial charge on any atom is -0.371 e. The predicted molar refractivity (Wildman–Crippen MR) is 73.9 cm³/mol. The van der Waals surface area contributed by atoms with E-state index in [0.717, 1.165) is 31.0 Å². The first-order valence-corrected chi connectivity index (χ1v) is 6.75. The molecule has 3 rings (SSSR count). The van der Waals surface area contributed by atoms with E-state index in [1.165, 1.54) is 0 Å². The van der Waals surface area contributed by atoms with Crippen LogP contribution in [0.5, 0.6) is 0 Å². The monoisotopic (exact) mass is 260 g/mol. The number of aromatic nitrogens is 2. The van der Waals surface area contributed by atoms with E-state index in [1.54, 1.807) is 0 Å². The van der Waals surface area contributed by atoms with Gasteiger partial charge in [-0.15, -0.1) is 0 Å². The predicted octanol–water partition coefficient (Wildman–Crippen LogP) is 0.882. The number of nitrogens with two attached hydrogens (primary N) is 1. The third-order valence-electron chi connectivity index (χ3n) is 3.46. The van der Waals surface area contributed by atoms with Crippen LogP contribution in [0.3, 0.4) is 0 Å². The maximum absolute atomic E-state index is 5.77. The standard InChI is InChI=1S/C14H20N4O/c1-11-7-17(10-13(6-15)19-11)8-12-9-18-5-3-2-4-14(18)16-12/h2-5,9,11,13H,6-8,10,15H2,1H3. The smallest absolute Gasteiger partial charge is 0.137 e. The van der Waals surface area contributed by atoms with Crippen molar-refractivity contribution in [2.24, 2.45) is 5.73 Å². The Morgan fingerprint density at radius 3 is 3.11 bits per heavy atom. The van der Waals surface area contributed by atoms with Gasteiger partial charge in [-0.05, 0) is 19.1 Å². The van der Waals surface area contributed by atoms with E-state index in [4.69, 9.17) is 10.5 Å². The molecule has 5 nitrogen and oxygen atoms in total. The first kappa shape index (κ1) is 12.6. The molecule has 0 aromatic carbocycles. The van der Waals surface area contributed by atoms with Gasteiger partial charge in [-0.2, -0.15) is 0 Å². The average Bonchev–Trinajstić information content (AvgIpc) is 2.80. The fourth-order valence-corrected chi connectivity index (χ4v) is 2.69. The van der Waals surface area contributed by atoms with Crippen molar-refractivity contribution in [1.82, 2.24) is 14.3 Å². The molecule has 1 aliphatic rings. The van der Waals surface area contributed by atoms with Gasteiger partial charge in [0.2, 0.25) is 0 Å². The molecule has 19 heavy (non-hydrogen) atoms. The molecule has 2 atom stereocenters. The number of nitrogens with zero attached hydrogens (tertiary/aromatic N) is 3. The van der Waals surface area contributed by atoms with Gasteiger partial charge >= 0.3 is 0 Å². The molecule has 102 valence electrons. The summed E-state index contributed by atoms with van der Waals surface area (Å²) in [5.74, 6) is 0. The molecule has 2 N–H and O–H groups in total. The zero-order chi connectivity index (χ0) is 13.2. The second-order valence-electron chi connectivity index (χ2n) is 5.20. The zero-order valence-corrected chi connectivity index (χ0v) is 11.2. The summed E-state index contributed by atoms with van der Waals surface area (Å²) < 4.78 is 7.83. The summed E-state index contributed by atoms with van der Waals surface area (Å²) in [6.07, 6.45) is 4.49. The third-order valence-corrected chi connectivity index (χ3v) is 3.46. The van der Waals surface area contributed by atoms with Gasteiger partial charge in [0.05, 0.1) is 17.9 Å². The van der Waals surface area contributed by atoms with Crippen molar-refractivity contribution in [3.8, 4) is 0 Å². The van der Waals surface area contributed by atoms with E-state index in [-0.39, 0.29) is 12.2 Å². The Labute approximate surface area is 113 Å². The summed E-state index contributed by atoms with van der Waals surface area (Å²) >= 11 is 0. The number of ether oxygens (including phenoxy) is 1. The molecule has 0 aliphatic carbocycles. The summed E-state index contributed by atoms with van der Waals surface area (Å²) in [5, 5.41) is 0. The van der Waals surface area contributed by atoms with Crippen LogP contribution in [0.25, 0.3) is 5.65 Å². The number of imidazole rings is 1. The van der Waals surface area contributed by atoms with Crippen LogP contribution in [0.2, 0.25) is 0 Å². The molecule has 1 aliphatic heterocycles. The van der Waals surface area contributed by atoms with Gasteiger partial charge in [0.1, 0.15) is 5.65 Å². The van der Waals surface area contributed by atoms with Crippen molar-refractivity contribution in [1.29, 1.82) is 0 Å². The average molecular weight is 260 g/mol. The van der Waals surface area contributed by atoms with Crippen molar-refractivity contribution in [3.63, 3.8) is 0 Å². The van der Waals surface area contributed by atoms with E-state index in [0.29, 0.717) is 6.54 Å². The first-order chi connectivity index (χ1) is 9.24. The molecule has 2 unspecified atom stereocenters. The summed E-state index contributed by atoms with van der Waals surface area (Å²) in [4.78, 5) is 7.00. The van der Waals surface area contributed by atoms with Gasteiger partial charge in [-0.25, -0.2) is 4.98 Å². The summed E-state index contributed by atoms with van der Waals surface area (Å²) in [6, 6.07) is 6.04. The summed E-state index contributed by atoms with van der Waals surface area (Å²) in [6.45, 7) is 5.34. The van der Waals surface area contributed by atoms with E-state index in [1.807, 2.05) is 24.4 Å². The van der Waals surface area contributed by atoms with Crippen LogP contribution in [0.4, 0.5) is 0 Å². The summed E-state index contributed by atoms with van der Waals surface area (Å²) in [7, 11) is 0. The van der Waals surface area contributed by atoms with Gasteiger partial charge in [0.15, 0.2) is 0 Å². The van der Waals surface area contributed by atoms with Crippen LogP contribution >= 0.6 is 0 Å². The SMILES string of the molecule is CC1CN(Cc2cn3ccccc3n2)CC(CN)O1. The quantitative estimate of drug-likeness (QED) is 0.890.